The number of fused-ring (bicyclic) bond motifs is 2. The van der Waals surface area contributed by atoms with Crippen molar-refractivity contribution in [2.75, 3.05) is 0 Å². The number of ether oxygens (including phenoxy) is 1. The maximum atomic E-state index is 11.4. The minimum Gasteiger partial charge on any atom is -0.434 e. The Morgan fingerprint density at radius 2 is 1.53 bits per heavy atom. The normalized spacial score (nSPS) is 15.3. The SMILES string of the molecule is CC(=O)OC1(Cl)c2ccccc2Sc2ccccc21. The van der Waals surface area contributed by atoms with E-state index in [0.29, 0.717) is 0 Å². The molecule has 0 aromatic heterocycles. The summed E-state index contributed by atoms with van der Waals surface area (Å²) in [5.41, 5.74) is 1.63. The van der Waals surface area contributed by atoms with Gasteiger partial charge in [0.2, 0.25) is 5.06 Å². The van der Waals surface area contributed by atoms with Gasteiger partial charge in [0.15, 0.2) is 0 Å². The van der Waals surface area contributed by atoms with Gasteiger partial charge in [-0.15, -0.1) is 0 Å². The highest BCUT2D eigenvalue weighted by molar-refractivity contribution is 7.99. The predicted molar refractivity (Wildman–Crippen MR) is 75.4 cm³/mol. The minimum absolute atomic E-state index is 0.397. The Bertz CT molecular complexity index is 609. The van der Waals surface area contributed by atoms with Gasteiger partial charge >= 0.3 is 5.97 Å². The zero-order valence-electron chi connectivity index (χ0n) is 10.2. The van der Waals surface area contributed by atoms with Crippen molar-refractivity contribution in [3.05, 3.63) is 59.7 Å². The molecule has 0 saturated heterocycles. The van der Waals surface area contributed by atoms with Crippen LogP contribution in [0, 0.1) is 0 Å². The number of carbonyl (C=O) groups is 1. The molecule has 3 rings (SSSR count). The number of halogens is 1. The van der Waals surface area contributed by atoms with Crippen LogP contribution >= 0.6 is 23.4 Å². The van der Waals surface area contributed by atoms with Crippen LogP contribution < -0.4 is 0 Å². The lowest BCUT2D eigenvalue weighted by Crippen LogP contribution is -2.30. The van der Waals surface area contributed by atoms with E-state index in [2.05, 4.69) is 0 Å². The highest BCUT2D eigenvalue weighted by atomic mass is 35.5. The van der Waals surface area contributed by atoms with Gasteiger partial charge in [0.1, 0.15) is 0 Å². The number of hydrogen-bond donors (Lipinski definition) is 0. The molecule has 0 radical (unpaired) electrons. The molecule has 4 heteroatoms. The van der Waals surface area contributed by atoms with Crippen LogP contribution in [0.15, 0.2) is 58.3 Å². The molecule has 0 fully saturated rings. The van der Waals surface area contributed by atoms with Crippen molar-refractivity contribution >= 4 is 29.3 Å². The quantitative estimate of drug-likeness (QED) is 0.583. The molecule has 0 atom stereocenters. The van der Waals surface area contributed by atoms with Crippen molar-refractivity contribution < 1.29 is 9.53 Å². The molecule has 0 spiro atoms. The Kier molecular flexibility index (Phi) is 3.03. The summed E-state index contributed by atoms with van der Waals surface area (Å²) < 4.78 is 5.44. The second kappa shape index (κ2) is 4.58. The maximum Gasteiger partial charge on any atom is 0.304 e. The first-order valence-corrected chi connectivity index (χ1v) is 7.06. The Balaban J connectivity index is 2.25. The molecule has 96 valence electrons. The molecule has 0 saturated carbocycles. The molecule has 2 nitrogen and oxygen atoms in total. The number of carbonyl (C=O) groups excluding carboxylic acids is 1. The van der Waals surface area contributed by atoms with Crippen molar-refractivity contribution in [3.63, 3.8) is 0 Å². The second-order valence-corrected chi connectivity index (χ2v) is 5.90. The van der Waals surface area contributed by atoms with Gasteiger partial charge in [-0.25, -0.2) is 0 Å². The van der Waals surface area contributed by atoms with Gasteiger partial charge < -0.3 is 4.74 Å². The molecule has 0 bridgehead atoms. The lowest BCUT2D eigenvalue weighted by molar-refractivity contribution is -0.147. The van der Waals surface area contributed by atoms with Crippen molar-refractivity contribution in [1.29, 1.82) is 0 Å². The van der Waals surface area contributed by atoms with Crippen LogP contribution in [0.3, 0.4) is 0 Å². The Morgan fingerprint density at radius 3 is 2.00 bits per heavy atom. The van der Waals surface area contributed by atoms with Gasteiger partial charge in [0.25, 0.3) is 0 Å². The first-order chi connectivity index (χ1) is 9.11. The van der Waals surface area contributed by atoms with Crippen molar-refractivity contribution in [3.8, 4) is 0 Å². The second-order valence-electron chi connectivity index (χ2n) is 4.28. The van der Waals surface area contributed by atoms with E-state index in [4.69, 9.17) is 16.3 Å². The first-order valence-electron chi connectivity index (χ1n) is 5.86. The van der Waals surface area contributed by atoms with Gasteiger partial charge in [0.05, 0.1) is 0 Å². The minimum atomic E-state index is -1.23. The molecule has 2 aromatic carbocycles. The summed E-state index contributed by atoms with van der Waals surface area (Å²) in [5, 5.41) is -1.23. The van der Waals surface area contributed by atoms with Crippen LogP contribution in [-0.2, 0) is 14.6 Å². The maximum absolute atomic E-state index is 11.4. The van der Waals surface area contributed by atoms with Crippen molar-refractivity contribution in [2.24, 2.45) is 0 Å². The predicted octanol–water partition coefficient (Wildman–Crippen LogP) is 4.15. The van der Waals surface area contributed by atoms with Gasteiger partial charge in [-0.05, 0) is 12.1 Å². The molecule has 1 heterocycles. The van der Waals surface area contributed by atoms with E-state index in [-0.39, 0.29) is 0 Å². The molecular formula is C15H11ClO2S. The highest BCUT2D eigenvalue weighted by Crippen LogP contribution is 2.51. The number of rotatable bonds is 1. The molecule has 0 aliphatic carbocycles. The van der Waals surface area contributed by atoms with Gasteiger partial charge in [-0.2, -0.15) is 0 Å². The Morgan fingerprint density at radius 1 is 1.05 bits per heavy atom. The van der Waals surface area contributed by atoms with Crippen LogP contribution in [0.1, 0.15) is 18.1 Å². The number of alkyl halides is 1. The highest BCUT2D eigenvalue weighted by Gasteiger charge is 2.42. The smallest absolute Gasteiger partial charge is 0.304 e. The van der Waals surface area contributed by atoms with Crippen molar-refractivity contribution in [1.82, 2.24) is 0 Å². The number of esters is 1. The fourth-order valence-electron chi connectivity index (χ4n) is 2.21. The van der Waals surface area contributed by atoms with E-state index < -0.39 is 11.0 Å². The van der Waals surface area contributed by atoms with Crippen LogP contribution in [0.4, 0.5) is 0 Å². The lowest BCUT2D eigenvalue weighted by Gasteiger charge is -2.34. The third-order valence-corrected chi connectivity index (χ3v) is 4.61. The lowest BCUT2D eigenvalue weighted by atomic mass is 9.99. The van der Waals surface area contributed by atoms with Crippen molar-refractivity contribution in [2.45, 2.75) is 21.8 Å². The summed E-state index contributed by atoms with van der Waals surface area (Å²) >= 11 is 8.31. The van der Waals surface area contributed by atoms with Crippen LogP contribution in [0.2, 0.25) is 0 Å². The third-order valence-electron chi connectivity index (χ3n) is 2.97. The largest absolute Gasteiger partial charge is 0.434 e. The van der Waals surface area contributed by atoms with E-state index in [1.54, 1.807) is 11.8 Å². The molecule has 1 aliphatic rings. The van der Waals surface area contributed by atoms with E-state index in [1.165, 1.54) is 6.92 Å². The average molecular weight is 291 g/mol. The van der Waals surface area contributed by atoms with Gasteiger partial charge in [-0.1, -0.05) is 59.8 Å². The third kappa shape index (κ3) is 2.03. The molecular weight excluding hydrogens is 280 g/mol. The van der Waals surface area contributed by atoms with Gasteiger partial charge in [0, 0.05) is 27.8 Å². The molecule has 0 amide bonds. The van der Waals surface area contributed by atoms with E-state index >= 15 is 0 Å². The average Bonchev–Trinajstić information content (AvgIpc) is 2.38. The summed E-state index contributed by atoms with van der Waals surface area (Å²) in [6, 6.07) is 15.5. The Hall–Kier alpha value is -1.45. The first kappa shape index (κ1) is 12.6. The molecule has 0 N–H and O–H groups in total. The summed E-state index contributed by atoms with van der Waals surface area (Å²) in [7, 11) is 0. The van der Waals surface area contributed by atoms with E-state index in [1.807, 2.05) is 48.5 Å². The van der Waals surface area contributed by atoms with Crippen LogP contribution in [0.25, 0.3) is 0 Å². The van der Waals surface area contributed by atoms with Crippen LogP contribution in [-0.4, -0.2) is 5.97 Å². The summed E-state index contributed by atoms with van der Waals surface area (Å²) in [4.78, 5) is 13.4. The summed E-state index contributed by atoms with van der Waals surface area (Å²) in [6.45, 7) is 1.37. The zero-order valence-corrected chi connectivity index (χ0v) is 11.8. The molecule has 2 aromatic rings. The van der Waals surface area contributed by atoms with Gasteiger partial charge in [-0.3, -0.25) is 4.79 Å². The van der Waals surface area contributed by atoms with E-state index in [9.17, 15) is 4.79 Å². The number of hydrogen-bond acceptors (Lipinski definition) is 3. The monoisotopic (exact) mass is 290 g/mol. The summed E-state index contributed by atoms with van der Waals surface area (Å²) in [6.07, 6.45) is 0. The molecule has 19 heavy (non-hydrogen) atoms. The zero-order chi connectivity index (χ0) is 13.5. The number of benzene rings is 2. The molecule has 1 aliphatic heterocycles. The molecule has 0 unspecified atom stereocenters. The standard InChI is InChI=1S/C15H11ClO2S/c1-10(17)18-15(16)11-6-2-4-8-13(11)19-14-9-5-3-7-12(14)15/h2-9H,1H3. The fourth-order valence-corrected chi connectivity index (χ4v) is 3.94. The van der Waals surface area contributed by atoms with E-state index in [0.717, 1.165) is 20.9 Å². The van der Waals surface area contributed by atoms with Crippen LogP contribution in [0.5, 0.6) is 0 Å². The fraction of sp³-hybridized carbons (Fsp3) is 0.133. The summed E-state index contributed by atoms with van der Waals surface area (Å²) in [5.74, 6) is -0.397. The topological polar surface area (TPSA) is 26.3 Å². The Labute approximate surface area is 120 Å².